The summed E-state index contributed by atoms with van der Waals surface area (Å²) in [5.74, 6) is -0.360. The van der Waals surface area contributed by atoms with Crippen LogP contribution < -0.4 is 11.1 Å². The molecule has 0 unspecified atom stereocenters. The molecule has 0 radical (unpaired) electrons. The summed E-state index contributed by atoms with van der Waals surface area (Å²) in [6.07, 6.45) is 4.12. The van der Waals surface area contributed by atoms with Gasteiger partial charge in [0, 0.05) is 29.2 Å². The van der Waals surface area contributed by atoms with Crippen LogP contribution in [0.1, 0.15) is 29.9 Å². The number of H-pyrrole nitrogens is 1. The maximum absolute atomic E-state index is 12.3. The van der Waals surface area contributed by atoms with E-state index >= 15 is 0 Å². The number of benzene rings is 1. The summed E-state index contributed by atoms with van der Waals surface area (Å²) < 4.78 is 23.7. The van der Waals surface area contributed by atoms with E-state index in [1.807, 2.05) is 20.8 Å². The molecule has 0 saturated heterocycles. The summed E-state index contributed by atoms with van der Waals surface area (Å²) in [7, 11) is -3.31. The summed E-state index contributed by atoms with van der Waals surface area (Å²) in [5.41, 5.74) is 8.32. The number of hydrogen-bond acceptors (Lipinski definition) is 6. The van der Waals surface area contributed by atoms with Crippen LogP contribution in [0.25, 0.3) is 22.3 Å². The highest BCUT2D eigenvalue weighted by Gasteiger charge is 2.18. The molecule has 0 saturated carbocycles. The van der Waals surface area contributed by atoms with Gasteiger partial charge in [0.1, 0.15) is 11.4 Å². The number of nitrogens with one attached hydrogen (secondary N) is 2. The molecule has 4 N–H and O–H groups in total. The molecule has 0 atom stereocenters. The van der Waals surface area contributed by atoms with E-state index in [-0.39, 0.29) is 16.5 Å². The van der Waals surface area contributed by atoms with Gasteiger partial charge in [0.05, 0.1) is 23.0 Å². The monoisotopic (exact) mass is 401 g/mol. The lowest BCUT2D eigenvalue weighted by Gasteiger charge is -2.18. The predicted octanol–water partition coefficient (Wildman–Crippen LogP) is 1.80. The Bertz CT molecular complexity index is 1160. The Labute approximate surface area is 163 Å². The van der Waals surface area contributed by atoms with E-state index in [9.17, 15) is 13.2 Å². The van der Waals surface area contributed by atoms with Gasteiger partial charge in [-0.25, -0.2) is 13.4 Å². The lowest BCUT2D eigenvalue weighted by molar-refractivity contribution is 0.0940. The van der Waals surface area contributed by atoms with Gasteiger partial charge in [0.2, 0.25) is 0 Å². The first-order valence-corrected chi connectivity index (χ1v) is 10.6. The number of amides is 1. The van der Waals surface area contributed by atoms with Gasteiger partial charge in [-0.3, -0.25) is 9.78 Å². The Hall–Kier alpha value is -2.78. The lowest BCUT2D eigenvalue weighted by Crippen LogP contribution is -2.45. The quantitative estimate of drug-likeness (QED) is 0.597. The SMILES string of the molecule is Cc1c(-c2cncc(C(=O)NCC(C)(C)N)n2)[nH]c2ccc(S(C)(=O)=O)cc12. The van der Waals surface area contributed by atoms with E-state index in [1.165, 1.54) is 12.5 Å². The second kappa shape index (κ2) is 6.99. The standard InChI is InChI=1S/C19H23N5O3S/c1-11-13-7-12(28(4,26)27)5-6-14(13)24-17(11)15-8-21-9-16(23-15)18(25)22-10-19(2,3)20/h5-9,24H,10,20H2,1-4H3,(H,22,25). The van der Waals surface area contributed by atoms with Crippen molar-refractivity contribution < 1.29 is 13.2 Å². The van der Waals surface area contributed by atoms with Gasteiger partial charge >= 0.3 is 0 Å². The van der Waals surface area contributed by atoms with Crippen LogP contribution in [0.5, 0.6) is 0 Å². The third-order valence-electron chi connectivity index (χ3n) is 4.29. The number of rotatable bonds is 5. The molecular formula is C19H23N5O3S. The minimum atomic E-state index is -3.31. The van der Waals surface area contributed by atoms with Crippen molar-refractivity contribution in [3.05, 3.63) is 41.9 Å². The van der Waals surface area contributed by atoms with Crippen LogP contribution in [0.4, 0.5) is 0 Å². The van der Waals surface area contributed by atoms with Crippen molar-refractivity contribution in [2.24, 2.45) is 5.73 Å². The number of nitrogens with two attached hydrogens (primary N) is 1. The van der Waals surface area contributed by atoms with E-state index in [2.05, 4.69) is 20.3 Å². The second-order valence-corrected chi connectivity index (χ2v) is 9.58. The second-order valence-electron chi connectivity index (χ2n) is 7.57. The average molecular weight is 401 g/mol. The van der Waals surface area contributed by atoms with Gasteiger partial charge in [-0.05, 0) is 44.5 Å². The van der Waals surface area contributed by atoms with Gasteiger partial charge in [-0.15, -0.1) is 0 Å². The molecule has 0 aliphatic heterocycles. The van der Waals surface area contributed by atoms with E-state index in [0.717, 1.165) is 16.5 Å². The predicted molar refractivity (Wildman–Crippen MR) is 108 cm³/mol. The molecule has 0 fully saturated rings. The summed E-state index contributed by atoms with van der Waals surface area (Å²) >= 11 is 0. The van der Waals surface area contributed by atoms with Crippen LogP contribution in [0.15, 0.2) is 35.5 Å². The molecule has 1 amide bonds. The topological polar surface area (TPSA) is 131 Å². The van der Waals surface area contributed by atoms with Gasteiger partial charge in [-0.1, -0.05) is 0 Å². The maximum atomic E-state index is 12.3. The number of aromatic nitrogens is 3. The Morgan fingerprint density at radius 1 is 1.29 bits per heavy atom. The maximum Gasteiger partial charge on any atom is 0.271 e. The normalized spacial score (nSPS) is 12.3. The molecular weight excluding hydrogens is 378 g/mol. The largest absolute Gasteiger partial charge is 0.353 e. The van der Waals surface area contributed by atoms with E-state index < -0.39 is 15.4 Å². The zero-order valence-electron chi connectivity index (χ0n) is 16.2. The smallest absolute Gasteiger partial charge is 0.271 e. The van der Waals surface area contributed by atoms with Gasteiger partial charge in [-0.2, -0.15) is 0 Å². The summed E-state index contributed by atoms with van der Waals surface area (Å²) in [5, 5.41) is 3.52. The van der Waals surface area contributed by atoms with Crippen molar-refractivity contribution in [1.29, 1.82) is 0 Å². The molecule has 2 aromatic heterocycles. The molecule has 1 aromatic carbocycles. The molecule has 0 bridgehead atoms. The number of aromatic amines is 1. The number of fused-ring (bicyclic) bond motifs is 1. The molecule has 3 rings (SSSR count). The van der Waals surface area contributed by atoms with E-state index in [1.54, 1.807) is 24.4 Å². The van der Waals surface area contributed by atoms with Gasteiger partial charge in [0.15, 0.2) is 9.84 Å². The molecule has 0 spiro atoms. The minimum absolute atomic E-state index is 0.177. The fourth-order valence-electron chi connectivity index (χ4n) is 2.79. The molecule has 2 heterocycles. The van der Waals surface area contributed by atoms with E-state index in [4.69, 9.17) is 5.73 Å². The molecule has 8 nitrogen and oxygen atoms in total. The van der Waals surface area contributed by atoms with Gasteiger partial charge in [0.25, 0.3) is 5.91 Å². The van der Waals surface area contributed by atoms with Gasteiger partial charge < -0.3 is 16.0 Å². The number of hydrogen-bond donors (Lipinski definition) is 3. The molecule has 9 heteroatoms. The lowest BCUT2D eigenvalue weighted by atomic mass is 10.1. The van der Waals surface area contributed by atoms with Crippen molar-refractivity contribution in [3.8, 4) is 11.4 Å². The molecule has 148 valence electrons. The Balaban J connectivity index is 1.99. The third-order valence-corrected chi connectivity index (χ3v) is 5.40. The van der Waals surface area contributed by atoms with Crippen LogP contribution in [0.3, 0.4) is 0 Å². The van der Waals surface area contributed by atoms with Crippen LogP contribution >= 0.6 is 0 Å². The molecule has 3 aromatic rings. The summed E-state index contributed by atoms with van der Waals surface area (Å²) in [6, 6.07) is 4.91. The van der Waals surface area contributed by atoms with Crippen LogP contribution in [0.2, 0.25) is 0 Å². The van der Waals surface area contributed by atoms with Crippen molar-refractivity contribution in [3.63, 3.8) is 0 Å². The zero-order valence-corrected chi connectivity index (χ0v) is 17.0. The number of sulfone groups is 1. The van der Waals surface area contributed by atoms with Crippen LogP contribution in [0, 0.1) is 6.92 Å². The molecule has 0 aliphatic carbocycles. The van der Waals surface area contributed by atoms with Crippen molar-refractivity contribution in [2.75, 3.05) is 12.8 Å². The number of nitrogens with zero attached hydrogens (tertiary/aromatic N) is 2. The highest BCUT2D eigenvalue weighted by atomic mass is 32.2. The fraction of sp³-hybridized carbons (Fsp3) is 0.316. The first kappa shape index (κ1) is 20.0. The highest BCUT2D eigenvalue weighted by molar-refractivity contribution is 7.90. The first-order valence-electron chi connectivity index (χ1n) is 8.67. The fourth-order valence-corrected chi connectivity index (χ4v) is 3.43. The van der Waals surface area contributed by atoms with Crippen molar-refractivity contribution in [1.82, 2.24) is 20.3 Å². The number of carbonyl (C=O) groups excluding carboxylic acids is 1. The van der Waals surface area contributed by atoms with Crippen LogP contribution in [-0.4, -0.2) is 47.6 Å². The Morgan fingerprint density at radius 2 is 2.00 bits per heavy atom. The number of aryl methyl sites for hydroxylation is 1. The summed E-state index contributed by atoms with van der Waals surface area (Å²) in [6.45, 7) is 5.80. The van der Waals surface area contributed by atoms with Crippen molar-refractivity contribution >= 4 is 26.6 Å². The molecule has 28 heavy (non-hydrogen) atoms. The number of carbonyl (C=O) groups is 1. The third kappa shape index (κ3) is 4.20. The van der Waals surface area contributed by atoms with Crippen molar-refractivity contribution in [2.45, 2.75) is 31.2 Å². The van der Waals surface area contributed by atoms with E-state index in [0.29, 0.717) is 17.9 Å². The Kier molecular flexibility index (Phi) is 4.99. The summed E-state index contributed by atoms with van der Waals surface area (Å²) in [4.78, 5) is 24.4. The zero-order chi connectivity index (χ0) is 20.7. The highest BCUT2D eigenvalue weighted by Crippen LogP contribution is 2.30. The first-order chi connectivity index (χ1) is 13.0. The average Bonchev–Trinajstić information content (AvgIpc) is 2.95. The van der Waals surface area contributed by atoms with Crippen LogP contribution in [-0.2, 0) is 9.84 Å². The minimum Gasteiger partial charge on any atom is -0.353 e. The Morgan fingerprint density at radius 3 is 2.64 bits per heavy atom. The molecule has 0 aliphatic rings.